The van der Waals surface area contributed by atoms with Crippen LogP contribution in [-0.2, 0) is 23.5 Å². The fourth-order valence-corrected chi connectivity index (χ4v) is 5.19. The van der Waals surface area contributed by atoms with Gasteiger partial charge in [0.1, 0.15) is 0 Å². The van der Waals surface area contributed by atoms with E-state index < -0.39 is 9.84 Å². The van der Waals surface area contributed by atoms with Crippen LogP contribution in [0.4, 0.5) is 0 Å². The summed E-state index contributed by atoms with van der Waals surface area (Å²) in [6.07, 6.45) is 2.31. The zero-order valence-corrected chi connectivity index (χ0v) is 10.6. The average molecular weight is 262 g/mol. The first-order valence-corrected chi connectivity index (χ1v) is 7.70. The zero-order valence-electron chi connectivity index (χ0n) is 8.96. The monoisotopic (exact) mass is 262 g/mol. The van der Waals surface area contributed by atoms with Crippen molar-refractivity contribution in [3.8, 4) is 0 Å². The summed E-state index contributed by atoms with van der Waals surface area (Å²) in [6, 6.07) is 0. The molecule has 0 saturated carbocycles. The van der Waals surface area contributed by atoms with Gasteiger partial charge in [-0.2, -0.15) is 0 Å². The molecule has 0 aromatic carbocycles. The van der Waals surface area contributed by atoms with Crippen molar-refractivity contribution in [2.45, 2.75) is 23.4 Å². The maximum Gasteiger partial charge on any atom is 0.168 e. The Morgan fingerprint density at radius 1 is 1.69 bits per heavy atom. The third-order valence-electron chi connectivity index (χ3n) is 2.67. The molecule has 1 atom stereocenters. The van der Waals surface area contributed by atoms with Gasteiger partial charge in [0.05, 0.1) is 30.0 Å². The van der Waals surface area contributed by atoms with E-state index in [4.69, 9.17) is 5.11 Å². The van der Waals surface area contributed by atoms with Crippen molar-refractivity contribution in [2.24, 2.45) is 7.05 Å². The molecule has 2 heterocycles. The number of hydrogen-bond acceptors (Lipinski definition) is 5. The summed E-state index contributed by atoms with van der Waals surface area (Å²) in [5.41, 5.74) is 0.739. The van der Waals surface area contributed by atoms with Gasteiger partial charge in [0.2, 0.25) is 0 Å². The van der Waals surface area contributed by atoms with Gasteiger partial charge in [0.15, 0.2) is 15.0 Å². The number of aliphatic hydroxyl groups excluding tert-OH is 1. The lowest BCUT2D eigenvalue weighted by molar-refractivity contribution is 0.271. The van der Waals surface area contributed by atoms with Crippen LogP contribution in [0.3, 0.4) is 0 Å². The first-order valence-electron chi connectivity index (χ1n) is 5.00. The first kappa shape index (κ1) is 11.9. The molecule has 7 heteroatoms. The summed E-state index contributed by atoms with van der Waals surface area (Å²) in [5.74, 6) is 0.515. The van der Waals surface area contributed by atoms with Crippen molar-refractivity contribution in [3.63, 3.8) is 0 Å². The molecule has 1 N–H and O–H groups in total. The van der Waals surface area contributed by atoms with Crippen LogP contribution in [0, 0.1) is 0 Å². The molecule has 0 amide bonds. The molecule has 0 aliphatic carbocycles. The minimum atomic E-state index is -2.83. The van der Waals surface area contributed by atoms with Crippen LogP contribution in [0.2, 0.25) is 0 Å². The number of thioether (sulfide) groups is 1. The molecule has 0 spiro atoms. The summed E-state index contributed by atoms with van der Waals surface area (Å²) in [4.78, 5) is 4.17. The highest BCUT2D eigenvalue weighted by Crippen LogP contribution is 2.30. The van der Waals surface area contributed by atoms with Crippen molar-refractivity contribution >= 4 is 21.6 Å². The highest BCUT2D eigenvalue weighted by Gasteiger charge is 2.29. The standard InChI is InChI=1S/C9H14N2O3S2/c1-11-7(5-12)4-10-9(11)15-8-2-3-16(13,14)6-8/h4,8,12H,2-3,5-6H2,1H3. The molecule has 90 valence electrons. The second-order valence-electron chi connectivity index (χ2n) is 3.89. The third kappa shape index (κ3) is 2.41. The largest absolute Gasteiger partial charge is 0.390 e. The minimum Gasteiger partial charge on any atom is -0.390 e. The third-order valence-corrected chi connectivity index (χ3v) is 5.97. The highest BCUT2D eigenvalue weighted by molar-refractivity contribution is 8.01. The van der Waals surface area contributed by atoms with Gasteiger partial charge in [-0.05, 0) is 6.42 Å². The van der Waals surface area contributed by atoms with Gasteiger partial charge in [-0.1, -0.05) is 11.8 Å². The fourth-order valence-electron chi connectivity index (χ4n) is 1.69. The highest BCUT2D eigenvalue weighted by atomic mass is 32.2. The van der Waals surface area contributed by atoms with Gasteiger partial charge in [-0.15, -0.1) is 0 Å². The van der Waals surface area contributed by atoms with Gasteiger partial charge in [0.25, 0.3) is 0 Å². The van der Waals surface area contributed by atoms with Crippen molar-refractivity contribution in [3.05, 3.63) is 11.9 Å². The lowest BCUT2D eigenvalue weighted by Crippen LogP contribution is -2.08. The van der Waals surface area contributed by atoms with E-state index in [1.165, 1.54) is 11.8 Å². The maximum atomic E-state index is 11.3. The summed E-state index contributed by atoms with van der Waals surface area (Å²) in [7, 11) is -1.01. The number of hydrogen-bond donors (Lipinski definition) is 1. The number of aliphatic hydroxyl groups is 1. The van der Waals surface area contributed by atoms with E-state index in [1.54, 1.807) is 10.8 Å². The van der Waals surface area contributed by atoms with Crippen molar-refractivity contribution in [1.82, 2.24) is 9.55 Å². The van der Waals surface area contributed by atoms with E-state index in [9.17, 15) is 8.42 Å². The van der Waals surface area contributed by atoms with Crippen LogP contribution in [0.5, 0.6) is 0 Å². The van der Waals surface area contributed by atoms with Crippen LogP contribution in [0.1, 0.15) is 12.1 Å². The topological polar surface area (TPSA) is 72.2 Å². The summed E-state index contributed by atoms with van der Waals surface area (Å²) in [6.45, 7) is -0.0486. The van der Waals surface area contributed by atoms with Gasteiger partial charge in [-0.25, -0.2) is 13.4 Å². The number of sulfone groups is 1. The molecular formula is C9H14N2O3S2. The van der Waals surface area contributed by atoms with E-state index >= 15 is 0 Å². The predicted molar refractivity (Wildman–Crippen MR) is 62.0 cm³/mol. The lowest BCUT2D eigenvalue weighted by atomic mass is 10.4. The Labute approximate surface area is 98.8 Å². The van der Waals surface area contributed by atoms with E-state index in [2.05, 4.69) is 4.98 Å². The van der Waals surface area contributed by atoms with Crippen molar-refractivity contribution in [1.29, 1.82) is 0 Å². The van der Waals surface area contributed by atoms with Gasteiger partial charge >= 0.3 is 0 Å². The number of rotatable bonds is 3. The van der Waals surface area contributed by atoms with E-state index in [0.717, 1.165) is 10.9 Å². The predicted octanol–water partition coefficient (Wildman–Crippen LogP) is 0.192. The number of nitrogens with zero attached hydrogens (tertiary/aromatic N) is 2. The second kappa shape index (κ2) is 4.38. The van der Waals surface area contributed by atoms with Crippen LogP contribution < -0.4 is 0 Å². The molecule has 1 fully saturated rings. The number of imidazole rings is 1. The Bertz CT molecular complexity index is 481. The summed E-state index contributed by atoms with van der Waals surface area (Å²) >= 11 is 1.48. The summed E-state index contributed by atoms with van der Waals surface area (Å²) in [5, 5.41) is 9.87. The van der Waals surface area contributed by atoms with Crippen LogP contribution in [-0.4, -0.2) is 39.8 Å². The first-order chi connectivity index (χ1) is 7.52. The molecule has 0 radical (unpaired) electrons. The number of aromatic nitrogens is 2. The molecule has 1 saturated heterocycles. The Morgan fingerprint density at radius 3 is 2.94 bits per heavy atom. The SMILES string of the molecule is Cn1c(CO)cnc1SC1CCS(=O)(=O)C1. The molecule has 1 aromatic heterocycles. The fraction of sp³-hybridized carbons (Fsp3) is 0.667. The van der Waals surface area contributed by atoms with E-state index in [-0.39, 0.29) is 23.4 Å². The van der Waals surface area contributed by atoms with Crippen molar-refractivity contribution < 1.29 is 13.5 Å². The average Bonchev–Trinajstić information content (AvgIpc) is 2.72. The molecular weight excluding hydrogens is 248 g/mol. The molecule has 5 nitrogen and oxygen atoms in total. The van der Waals surface area contributed by atoms with E-state index in [0.29, 0.717) is 6.42 Å². The van der Waals surface area contributed by atoms with Crippen LogP contribution in [0.25, 0.3) is 0 Å². The maximum absolute atomic E-state index is 11.3. The Kier molecular flexibility index (Phi) is 3.27. The smallest absolute Gasteiger partial charge is 0.168 e. The Hall–Kier alpha value is -0.530. The van der Waals surface area contributed by atoms with Crippen molar-refractivity contribution in [2.75, 3.05) is 11.5 Å². The molecule has 1 aliphatic heterocycles. The van der Waals surface area contributed by atoms with Gasteiger partial charge in [0, 0.05) is 12.3 Å². The van der Waals surface area contributed by atoms with Gasteiger partial charge in [-0.3, -0.25) is 0 Å². The molecule has 2 rings (SSSR count). The molecule has 16 heavy (non-hydrogen) atoms. The molecule has 0 bridgehead atoms. The quantitative estimate of drug-likeness (QED) is 0.842. The van der Waals surface area contributed by atoms with Crippen LogP contribution in [0.15, 0.2) is 11.4 Å². The zero-order chi connectivity index (χ0) is 11.8. The van der Waals surface area contributed by atoms with E-state index in [1.807, 2.05) is 7.05 Å². The second-order valence-corrected chi connectivity index (χ2v) is 7.39. The van der Waals surface area contributed by atoms with Gasteiger partial charge < -0.3 is 9.67 Å². The molecule has 1 aliphatic rings. The Morgan fingerprint density at radius 2 is 2.44 bits per heavy atom. The minimum absolute atomic E-state index is 0.0486. The molecule has 1 unspecified atom stereocenters. The molecule has 1 aromatic rings. The Balaban J connectivity index is 2.08. The lowest BCUT2D eigenvalue weighted by Gasteiger charge is -2.07. The normalized spacial score (nSPS) is 23.8. The van der Waals surface area contributed by atoms with Crippen LogP contribution >= 0.6 is 11.8 Å². The summed E-state index contributed by atoms with van der Waals surface area (Å²) < 4.78 is 24.4.